The molecule has 0 amide bonds. The molecule has 0 aliphatic heterocycles. The molecule has 0 atom stereocenters. The van der Waals surface area contributed by atoms with E-state index >= 15 is 0 Å². The lowest BCUT2D eigenvalue weighted by atomic mass is 10.2. The van der Waals surface area contributed by atoms with Crippen LogP contribution < -0.4 is 4.72 Å². The van der Waals surface area contributed by atoms with Crippen molar-refractivity contribution in [3.63, 3.8) is 0 Å². The first kappa shape index (κ1) is 15.7. The Hall–Kier alpha value is -1.73. The third kappa shape index (κ3) is 3.48. The highest BCUT2D eigenvalue weighted by Gasteiger charge is 2.14. The first-order valence-electron chi connectivity index (χ1n) is 6.57. The number of hydrogen-bond donors (Lipinski definition) is 1. The molecule has 7 heteroatoms. The molecule has 1 heterocycles. The third-order valence-electron chi connectivity index (χ3n) is 3.48. The zero-order valence-corrected chi connectivity index (χ0v) is 13.0. The smallest absolute Gasteiger partial charge is 0.240 e. The Morgan fingerprint density at radius 3 is 2.33 bits per heavy atom. The van der Waals surface area contributed by atoms with Gasteiger partial charge < -0.3 is 0 Å². The average Bonchev–Trinajstić information content (AvgIpc) is 2.67. The number of aryl methyl sites for hydroxylation is 1. The Morgan fingerprint density at radius 2 is 1.81 bits per heavy atom. The van der Waals surface area contributed by atoms with Crippen molar-refractivity contribution in [3.05, 3.63) is 47.0 Å². The maximum absolute atomic E-state index is 12.8. The number of rotatable bonds is 5. The molecule has 0 unspecified atom stereocenters. The molecule has 114 valence electrons. The highest BCUT2D eigenvalue weighted by atomic mass is 32.2. The lowest BCUT2D eigenvalue weighted by Crippen LogP contribution is -2.28. The molecule has 1 aromatic heterocycles. The van der Waals surface area contributed by atoms with Crippen LogP contribution in [-0.2, 0) is 16.6 Å². The lowest BCUT2D eigenvalue weighted by molar-refractivity contribution is 0.554. The van der Waals surface area contributed by atoms with Crippen molar-refractivity contribution in [2.75, 3.05) is 6.54 Å². The van der Waals surface area contributed by atoms with Gasteiger partial charge in [-0.15, -0.1) is 0 Å². The normalized spacial score (nSPS) is 11.8. The molecular weight excluding hydrogens is 293 g/mol. The largest absolute Gasteiger partial charge is 0.268 e. The molecule has 0 aliphatic carbocycles. The molecule has 0 radical (unpaired) electrons. The van der Waals surface area contributed by atoms with Crippen molar-refractivity contribution in [1.82, 2.24) is 14.5 Å². The van der Waals surface area contributed by atoms with Crippen molar-refractivity contribution < 1.29 is 12.8 Å². The minimum atomic E-state index is -3.62. The van der Waals surface area contributed by atoms with Gasteiger partial charge in [0.25, 0.3) is 0 Å². The van der Waals surface area contributed by atoms with Crippen LogP contribution in [0.15, 0.2) is 29.2 Å². The van der Waals surface area contributed by atoms with E-state index < -0.39 is 15.8 Å². The van der Waals surface area contributed by atoms with Gasteiger partial charge in [-0.3, -0.25) is 4.68 Å². The van der Waals surface area contributed by atoms with E-state index in [1.165, 1.54) is 12.1 Å². The van der Waals surface area contributed by atoms with Crippen LogP contribution in [0.4, 0.5) is 4.39 Å². The minimum Gasteiger partial charge on any atom is -0.268 e. The maximum atomic E-state index is 12.8. The van der Waals surface area contributed by atoms with Gasteiger partial charge in [-0.2, -0.15) is 5.10 Å². The summed E-state index contributed by atoms with van der Waals surface area (Å²) in [6.45, 7) is 6.52. The first-order valence-corrected chi connectivity index (χ1v) is 8.05. The van der Waals surface area contributed by atoms with Crippen molar-refractivity contribution in [2.24, 2.45) is 0 Å². The number of nitrogens with one attached hydrogen (secondary N) is 1. The SMILES string of the molecule is Cc1nn(CCNS(=O)(=O)c2ccc(F)cc2)c(C)c1C. The highest BCUT2D eigenvalue weighted by Crippen LogP contribution is 2.11. The molecule has 2 aromatic rings. The third-order valence-corrected chi connectivity index (χ3v) is 4.96. The van der Waals surface area contributed by atoms with Gasteiger partial charge in [-0.1, -0.05) is 0 Å². The summed E-state index contributed by atoms with van der Waals surface area (Å²) in [5.41, 5.74) is 3.07. The van der Waals surface area contributed by atoms with E-state index in [4.69, 9.17) is 0 Å². The zero-order chi connectivity index (χ0) is 15.6. The number of nitrogens with zero attached hydrogens (tertiary/aromatic N) is 2. The lowest BCUT2D eigenvalue weighted by Gasteiger charge is -2.08. The molecule has 1 aromatic carbocycles. The number of aromatic nitrogens is 2. The van der Waals surface area contributed by atoms with E-state index in [-0.39, 0.29) is 11.4 Å². The Balaban J connectivity index is 2.02. The summed E-state index contributed by atoms with van der Waals surface area (Å²) in [5, 5.41) is 4.35. The number of hydrogen-bond acceptors (Lipinski definition) is 3. The quantitative estimate of drug-likeness (QED) is 0.917. The van der Waals surface area contributed by atoms with E-state index in [0.717, 1.165) is 29.1 Å². The van der Waals surface area contributed by atoms with Gasteiger partial charge >= 0.3 is 0 Å². The van der Waals surface area contributed by atoms with Crippen LogP contribution in [-0.4, -0.2) is 24.7 Å². The number of halogens is 1. The average molecular weight is 311 g/mol. The second kappa shape index (κ2) is 5.95. The molecule has 1 N–H and O–H groups in total. The summed E-state index contributed by atoms with van der Waals surface area (Å²) < 4.78 is 41.1. The van der Waals surface area contributed by atoms with E-state index in [9.17, 15) is 12.8 Å². The molecule has 0 fully saturated rings. The van der Waals surface area contributed by atoms with Crippen molar-refractivity contribution in [3.8, 4) is 0 Å². The van der Waals surface area contributed by atoms with Gasteiger partial charge in [0.2, 0.25) is 10.0 Å². The summed E-state index contributed by atoms with van der Waals surface area (Å²) in [4.78, 5) is 0.0495. The second-order valence-electron chi connectivity index (χ2n) is 4.87. The molecule has 5 nitrogen and oxygen atoms in total. The van der Waals surface area contributed by atoms with Gasteiger partial charge in [0.1, 0.15) is 5.82 Å². The minimum absolute atomic E-state index is 0.0495. The van der Waals surface area contributed by atoms with E-state index in [1.807, 2.05) is 20.8 Å². The second-order valence-corrected chi connectivity index (χ2v) is 6.64. The molecule has 21 heavy (non-hydrogen) atoms. The summed E-state index contributed by atoms with van der Waals surface area (Å²) in [6.07, 6.45) is 0. The van der Waals surface area contributed by atoms with Crippen molar-refractivity contribution >= 4 is 10.0 Å². The molecule has 2 rings (SSSR count). The molecule has 0 bridgehead atoms. The predicted molar refractivity (Wildman–Crippen MR) is 78.0 cm³/mol. The van der Waals surface area contributed by atoms with Gasteiger partial charge in [-0.05, 0) is 50.6 Å². The zero-order valence-electron chi connectivity index (χ0n) is 12.2. The summed E-state index contributed by atoms with van der Waals surface area (Å²) in [6, 6.07) is 4.73. The van der Waals surface area contributed by atoms with Crippen LogP contribution >= 0.6 is 0 Å². The van der Waals surface area contributed by atoms with Crippen LogP contribution in [0, 0.1) is 26.6 Å². The topological polar surface area (TPSA) is 64.0 Å². The van der Waals surface area contributed by atoms with E-state index in [0.29, 0.717) is 6.54 Å². The highest BCUT2D eigenvalue weighted by molar-refractivity contribution is 7.89. The van der Waals surface area contributed by atoms with Crippen LogP contribution in [0.2, 0.25) is 0 Å². The first-order chi connectivity index (χ1) is 9.81. The standard InChI is InChI=1S/C14H18FN3O2S/c1-10-11(2)17-18(12(10)3)9-8-16-21(19,20)14-6-4-13(15)5-7-14/h4-7,16H,8-9H2,1-3H3. The van der Waals surface area contributed by atoms with Crippen LogP contribution in [0.1, 0.15) is 17.0 Å². The number of benzene rings is 1. The molecular formula is C14H18FN3O2S. The predicted octanol–water partition coefficient (Wildman–Crippen LogP) is 1.93. The van der Waals surface area contributed by atoms with Crippen LogP contribution in [0.5, 0.6) is 0 Å². The molecule has 0 saturated heterocycles. The van der Waals surface area contributed by atoms with Gasteiger partial charge in [0.05, 0.1) is 17.1 Å². The summed E-state index contributed by atoms with van der Waals surface area (Å²) in [5.74, 6) is -0.466. The Kier molecular flexibility index (Phi) is 4.43. The van der Waals surface area contributed by atoms with Gasteiger partial charge in [-0.25, -0.2) is 17.5 Å². The Labute approximate surface area is 123 Å². The maximum Gasteiger partial charge on any atom is 0.240 e. The van der Waals surface area contributed by atoms with Crippen LogP contribution in [0.25, 0.3) is 0 Å². The van der Waals surface area contributed by atoms with Gasteiger partial charge in [0, 0.05) is 12.2 Å². The Bertz CT molecular complexity index is 736. The fourth-order valence-electron chi connectivity index (χ4n) is 1.99. The fourth-order valence-corrected chi connectivity index (χ4v) is 3.01. The van der Waals surface area contributed by atoms with Gasteiger partial charge in [0.15, 0.2) is 0 Å². The van der Waals surface area contributed by atoms with E-state index in [2.05, 4.69) is 9.82 Å². The molecule has 0 spiro atoms. The summed E-state index contributed by atoms with van der Waals surface area (Å²) >= 11 is 0. The van der Waals surface area contributed by atoms with E-state index in [1.54, 1.807) is 4.68 Å². The summed E-state index contributed by atoms with van der Waals surface area (Å²) in [7, 11) is -3.62. The van der Waals surface area contributed by atoms with Crippen LogP contribution in [0.3, 0.4) is 0 Å². The fraction of sp³-hybridized carbons (Fsp3) is 0.357. The number of sulfonamides is 1. The monoisotopic (exact) mass is 311 g/mol. The Morgan fingerprint density at radius 1 is 1.19 bits per heavy atom. The molecule has 0 aliphatic rings. The van der Waals surface area contributed by atoms with Crippen molar-refractivity contribution in [1.29, 1.82) is 0 Å². The van der Waals surface area contributed by atoms with Crippen molar-refractivity contribution in [2.45, 2.75) is 32.2 Å². The molecule has 0 saturated carbocycles.